The number of hydrogen-bond acceptors (Lipinski definition) is 7. The van der Waals surface area contributed by atoms with Gasteiger partial charge in [0.05, 0.1) is 15.5 Å². The summed E-state index contributed by atoms with van der Waals surface area (Å²) in [4.78, 5) is 17.3. The Morgan fingerprint density at radius 2 is 1.60 bits per heavy atom. The third-order valence-corrected chi connectivity index (χ3v) is 9.87. The molecule has 10 heteroatoms. The standard InChI is InChI=1S/C20H26N2O5S3/c1-20(2,30(26,27)16-11-9-15(10-12-16)29(3,24)25)18(23)22-19-21-17(13-28-19)14-7-5-4-6-8-14/h9-14H,4-8H2,1-3H3,(H,21,22,23). The minimum Gasteiger partial charge on any atom is -0.301 e. The predicted molar refractivity (Wildman–Crippen MR) is 117 cm³/mol. The summed E-state index contributed by atoms with van der Waals surface area (Å²) in [5, 5.41) is 4.96. The molecule has 164 valence electrons. The highest BCUT2D eigenvalue weighted by Gasteiger charge is 2.43. The molecule has 1 fully saturated rings. The molecule has 2 aromatic rings. The molecule has 0 saturated heterocycles. The number of sulfone groups is 2. The van der Waals surface area contributed by atoms with Crippen LogP contribution in [0, 0.1) is 0 Å². The Bertz CT molecular complexity index is 1130. The van der Waals surface area contributed by atoms with E-state index in [9.17, 15) is 21.6 Å². The number of carbonyl (C=O) groups is 1. The van der Waals surface area contributed by atoms with E-state index in [4.69, 9.17) is 0 Å². The molecule has 0 radical (unpaired) electrons. The summed E-state index contributed by atoms with van der Waals surface area (Å²) < 4.78 is 47.6. The van der Waals surface area contributed by atoms with Gasteiger partial charge in [-0.2, -0.15) is 0 Å². The quantitative estimate of drug-likeness (QED) is 0.688. The van der Waals surface area contributed by atoms with Crippen LogP contribution in [0.4, 0.5) is 5.13 Å². The Morgan fingerprint density at radius 3 is 2.17 bits per heavy atom. The van der Waals surface area contributed by atoms with E-state index in [1.807, 2.05) is 5.38 Å². The molecular formula is C20H26N2O5S3. The van der Waals surface area contributed by atoms with E-state index in [1.54, 1.807) is 0 Å². The Balaban J connectivity index is 1.78. The van der Waals surface area contributed by atoms with E-state index in [0.717, 1.165) is 24.8 Å². The number of amides is 1. The molecular weight excluding hydrogens is 444 g/mol. The fourth-order valence-corrected chi connectivity index (χ4v) is 6.26. The highest BCUT2D eigenvalue weighted by atomic mass is 32.2. The van der Waals surface area contributed by atoms with Crippen LogP contribution in [0.5, 0.6) is 0 Å². The predicted octanol–water partition coefficient (Wildman–Crippen LogP) is 3.79. The molecule has 1 aromatic carbocycles. The SMILES string of the molecule is CC(C)(C(=O)Nc1nc(C2CCCCC2)cs1)S(=O)(=O)c1ccc(S(C)(=O)=O)cc1. The number of benzene rings is 1. The van der Waals surface area contributed by atoms with Crippen molar-refractivity contribution in [2.24, 2.45) is 0 Å². The van der Waals surface area contributed by atoms with Crippen LogP contribution >= 0.6 is 11.3 Å². The van der Waals surface area contributed by atoms with Gasteiger partial charge in [-0.05, 0) is 51.0 Å². The normalized spacial score (nSPS) is 16.4. The van der Waals surface area contributed by atoms with Crippen LogP contribution in [0.3, 0.4) is 0 Å². The highest BCUT2D eigenvalue weighted by molar-refractivity contribution is 7.93. The monoisotopic (exact) mass is 470 g/mol. The number of rotatable bonds is 6. The lowest BCUT2D eigenvalue weighted by Gasteiger charge is -2.23. The fourth-order valence-electron chi connectivity index (χ4n) is 3.46. The highest BCUT2D eigenvalue weighted by Crippen LogP contribution is 2.34. The molecule has 0 unspecified atom stereocenters. The van der Waals surface area contributed by atoms with Crippen molar-refractivity contribution in [3.05, 3.63) is 35.3 Å². The zero-order chi connectivity index (χ0) is 22.2. The van der Waals surface area contributed by atoms with E-state index in [-0.39, 0.29) is 9.79 Å². The van der Waals surface area contributed by atoms with Gasteiger partial charge in [-0.25, -0.2) is 21.8 Å². The van der Waals surface area contributed by atoms with Gasteiger partial charge in [0.2, 0.25) is 5.91 Å². The number of nitrogens with zero attached hydrogens (tertiary/aromatic N) is 1. The number of nitrogens with one attached hydrogen (secondary N) is 1. The first kappa shape index (κ1) is 22.9. The molecule has 0 bridgehead atoms. The van der Waals surface area contributed by atoms with Crippen LogP contribution in [0.25, 0.3) is 0 Å². The lowest BCUT2D eigenvalue weighted by atomic mass is 9.87. The third-order valence-electron chi connectivity index (χ3n) is 5.55. The van der Waals surface area contributed by atoms with Crippen molar-refractivity contribution in [3.63, 3.8) is 0 Å². The summed E-state index contributed by atoms with van der Waals surface area (Å²) in [6, 6.07) is 4.89. The number of anilines is 1. The van der Waals surface area contributed by atoms with Gasteiger partial charge in [0, 0.05) is 17.6 Å². The molecule has 0 spiro atoms. The molecule has 7 nitrogen and oxygen atoms in total. The van der Waals surface area contributed by atoms with E-state index in [1.165, 1.54) is 68.7 Å². The molecule has 1 heterocycles. The summed E-state index contributed by atoms with van der Waals surface area (Å²) in [5.74, 6) is -0.287. The summed E-state index contributed by atoms with van der Waals surface area (Å²) in [5.41, 5.74) is 0.951. The van der Waals surface area contributed by atoms with Gasteiger partial charge >= 0.3 is 0 Å². The second kappa shape index (κ2) is 8.39. The summed E-state index contributed by atoms with van der Waals surface area (Å²) >= 11 is 1.29. The van der Waals surface area contributed by atoms with E-state index in [2.05, 4.69) is 10.3 Å². The first-order valence-corrected chi connectivity index (χ1v) is 14.0. The summed E-state index contributed by atoms with van der Waals surface area (Å²) in [7, 11) is -7.51. The van der Waals surface area contributed by atoms with Gasteiger partial charge in [0.1, 0.15) is 4.75 Å². The second-order valence-corrected chi connectivity index (χ2v) is 13.5. The molecule has 0 aliphatic heterocycles. The molecule has 1 aliphatic rings. The molecule has 1 saturated carbocycles. The zero-order valence-corrected chi connectivity index (χ0v) is 19.7. The number of aromatic nitrogens is 1. The summed E-state index contributed by atoms with van der Waals surface area (Å²) in [6.07, 6.45) is 6.80. The fraction of sp³-hybridized carbons (Fsp3) is 0.500. The molecule has 0 atom stereocenters. The van der Waals surface area contributed by atoms with E-state index < -0.39 is 30.3 Å². The van der Waals surface area contributed by atoms with E-state index >= 15 is 0 Å². The maximum absolute atomic E-state index is 13.1. The van der Waals surface area contributed by atoms with Crippen molar-refractivity contribution < 1.29 is 21.6 Å². The first-order chi connectivity index (χ1) is 13.9. The van der Waals surface area contributed by atoms with Crippen LogP contribution in [0.1, 0.15) is 57.6 Å². The maximum Gasteiger partial charge on any atom is 0.247 e. The van der Waals surface area contributed by atoms with Gasteiger partial charge in [-0.1, -0.05) is 19.3 Å². The smallest absolute Gasteiger partial charge is 0.247 e. The first-order valence-electron chi connectivity index (χ1n) is 9.74. The Kier molecular flexibility index (Phi) is 6.41. The third kappa shape index (κ3) is 4.60. The topological polar surface area (TPSA) is 110 Å². The zero-order valence-electron chi connectivity index (χ0n) is 17.2. The number of hydrogen-bond donors (Lipinski definition) is 1. The summed E-state index contributed by atoms with van der Waals surface area (Å²) in [6.45, 7) is 2.66. The largest absolute Gasteiger partial charge is 0.301 e. The van der Waals surface area contributed by atoms with Gasteiger partial charge in [-0.15, -0.1) is 11.3 Å². The van der Waals surface area contributed by atoms with Gasteiger partial charge < -0.3 is 5.32 Å². The molecule has 1 amide bonds. The van der Waals surface area contributed by atoms with Crippen molar-refractivity contribution in [2.75, 3.05) is 11.6 Å². The van der Waals surface area contributed by atoms with Crippen molar-refractivity contribution in [2.45, 2.75) is 66.4 Å². The van der Waals surface area contributed by atoms with Crippen LogP contribution in [-0.2, 0) is 24.5 Å². The van der Waals surface area contributed by atoms with Crippen molar-refractivity contribution >= 4 is 42.1 Å². The Morgan fingerprint density at radius 1 is 1.03 bits per heavy atom. The lowest BCUT2D eigenvalue weighted by Crippen LogP contribution is -2.44. The Labute approximate surface area is 181 Å². The molecule has 3 rings (SSSR count). The average Bonchev–Trinajstić information content (AvgIpc) is 3.16. The average molecular weight is 471 g/mol. The van der Waals surface area contributed by atoms with Crippen LogP contribution < -0.4 is 5.32 Å². The molecule has 30 heavy (non-hydrogen) atoms. The number of thiazole rings is 1. The van der Waals surface area contributed by atoms with Crippen LogP contribution in [0.2, 0.25) is 0 Å². The lowest BCUT2D eigenvalue weighted by molar-refractivity contribution is -0.117. The van der Waals surface area contributed by atoms with Crippen molar-refractivity contribution in [1.82, 2.24) is 4.98 Å². The van der Waals surface area contributed by atoms with Crippen molar-refractivity contribution in [1.29, 1.82) is 0 Å². The molecule has 1 aromatic heterocycles. The minimum atomic E-state index is -4.06. The molecule has 1 aliphatic carbocycles. The van der Waals surface area contributed by atoms with Gasteiger partial charge in [0.25, 0.3) is 0 Å². The molecule has 1 N–H and O–H groups in total. The van der Waals surface area contributed by atoms with Gasteiger partial charge in [-0.3, -0.25) is 4.79 Å². The van der Waals surface area contributed by atoms with E-state index in [0.29, 0.717) is 11.0 Å². The van der Waals surface area contributed by atoms with Crippen LogP contribution in [-0.4, -0.2) is 38.7 Å². The number of carbonyl (C=O) groups excluding carboxylic acids is 1. The maximum atomic E-state index is 13.1. The van der Waals surface area contributed by atoms with Crippen molar-refractivity contribution in [3.8, 4) is 0 Å². The van der Waals surface area contributed by atoms with Gasteiger partial charge in [0.15, 0.2) is 24.8 Å². The second-order valence-electron chi connectivity index (χ2n) is 8.12. The minimum absolute atomic E-state index is 0.0155. The Hall–Kier alpha value is -1.78. The van der Waals surface area contributed by atoms with Crippen LogP contribution in [0.15, 0.2) is 39.4 Å².